The lowest BCUT2D eigenvalue weighted by Crippen LogP contribution is -1.81. The van der Waals surface area contributed by atoms with Gasteiger partial charge in [-0.1, -0.05) is 65.9 Å². The van der Waals surface area contributed by atoms with Crippen molar-refractivity contribution in [2.24, 2.45) is 0 Å². The zero-order valence-electron chi connectivity index (χ0n) is 10.9. The zero-order valence-corrected chi connectivity index (χ0v) is 13.3. The van der Waals surface area contributed by atoms with Crippen LogP contribution in [0.2, 0.25) is 0 Å². The highest BCUT2D eigenvalue weighted by atomic mass is 79.9. The molecule has 0 N–H and O–H groups in total. The minimum Gasteiger partial charge on any atom is -0.217 e. The van der Waals surface area contributed by atoms with E-state index in [1.165, 1.54) is 22.5 Å². The molecule has 0 unspecified atom stereocenters. The highest BCUT2D eigenvalue weighted by Gasteiger charge is 2.08. The third-order valence-electron chi connectivity index (χ3n) is 3.31. The smallest absolute Gasteiger partial charge is 0.213 e. The molecule has 4 rings (SSSR count). The van der Waals surface area contributed by atoms with E-state index in [9.17, 15) is 0 Å². The molecule has 4 aromatic rings. The molecule has 0 saturated heterocycles. The molecule has 21 heavy (non-hydrogen) atoms. The van der Waals surface area contributed by atoms with E-state index in [1.54, 1.807) is 4.52 Å². The summed E-state index contributed by atoms with van der Waals surface area (Å²) in [5.41, 5.74) is 4.48. The first-order chi connectivity index (χ1) is 10.3. The molecule has 3 nitrogen and oxygen atoms in total. The lowest BCUT2D eigenvalue weighted by Gasteiger charge is -2.02. The molecule has 5 heteroatoms. The van der Waals surface area contributed by atoms with Crippen molar-refractivity contribution in [3.8, 4) is 22.4 Å². The van der Waals surface area contributed by atoms with Gasteiger partial charge in [-0.25, -0.2) is 9.50 Å². The molecule has 0 atom stereocenters. The minimum atomic E-state index is 0.843. The molecule has 0 radical (unpaired) electrons. The van der Waals surface area contributed by atoms with E-state index < -0.39 is 0 Å². The minimum absolute atomic E-state index is 0.843. The largest absolute Gasteiger partial charge is 0.217 e. The fraction of sp³-hybridized carbons (Fsp3) is 0. The van der Waals surface area contributed by atoms with Gasteiger partial charge in [-0.05, 0) is 27.1 Å². The third-order valence-corrected chi connectivity index (χ3v) is 4.66. The molecule has 2 aromatic carbocycles. The van der Waals surface area contributed by atoms with E-state index in [4.69, 9.17) is 0 Å². The fourth-order valence-corrected chi connectivity index (χ4v) is 3.49. The lowest BCUT2D eigenvalue weighted by atomic mass is 10.0. The SMILES string of the molecule is Brc1nn2cc(-c3ccc(-c4ccccc4)cc3)nc2s1. The second-order valence-corrected chi connectivity index (χ2v) is 6.88. The first-order valence-electron chi connectivity index (χ1n) is 6.47. The summed E-state index contributed by atoms with van der Waals surface area (Å²) in [6.45, 7) is 0. The van der Waals surface area contributed by atoms with E-state index in [1.807, 2.05) is 12.3 Å². The van der Waals surface area contributed by atoms with Crippen molar-refractivity contribution < 1.29 is 0 Å². The van der Waals surface area contributed by atoms with Gasteiger partial charge in [0.25, 0.3) is 0 Å². The average Bonchev–Trinajstić information content (AvgIpc) is 3.06. The van der Waals surface area contributed by atoms with Crippen molar-refractivity contribution >= 4 is 32.2 Å². The zero-order chi connectivity index (χ0) is 14.2. The van der Waals surface area contributed by atoms with Gasteiger partial charge in [-0.15, -0.1) is 5.10 Å². The van der Waals surface area contributed by atoms with E-state index in [2.05, 4.69) is 74.5 Å². The maximum absolute atomic E-state index is 4.60. The topological polar surface area (TPSA) is 30.2 Å². The number of halogens is 1. The van der Waals surface area contributed by atoms with Gasteiger partial charge in [-0.3, -0.25) is 0 Å². The van der Waals surface area contributed by atoms with Crippen LogP contribution in [0, 0.1) is 0 Å². The number of hydrogen-bond donors (Lipinski definition) is 0. The number of aromatic nitrogens is 3. The van der Waals surface area contributed by atoms with Crippen LogP contribution in [0.3, 0.4) is 0 Å². The summed E-state index contributed by atoms with van der Waals surface area (Å²) in [5.74, 6) is 0. The van der Waals surface area contributed by atoms with Gasteiger partial charge in [-0.2, -0.15) is 0 Å². The summed E-state index contributed by atoms with van der Waals surface area (Å²) >= 11 is 4.89. The molecule has 0 aliphatic rings. The molecule has 0 spiro atoms. The Morgan fingerprint density at radius 1 is 0.857 bits per heavy atom. The Kier molecular flexibility index (Phi) is 3.09. The van der Waals surface area contributed by atoms with Crippen LogP contribution in [0.15, 0.2) is 64.7 Å². The Labute approximate surface area is 134 Å². The monoisotopic (exact) mass is 355 g/mol. The predicted octanol–water partition coefficient (Wildman–Crippen LogP) is 4.89. The maximum Gasteiger partial charge on any atom is 0.213 e. The van der Waals surface area contributed by atoms with Gasteiger partial charge >= 0.3 is 0 Å². The van der Waals surface area contributed by atoms with Crippen LogP contribution in [0.25, 0.3) is 27.3 Å². The number of nitrogens with zero attached hydrogens (tertiary/aromatic N) is 3. The Balaban J connectivity index is 1.71. The molecule has 2 aromatic heterocycles. The molecule has 102 valence electrons. The Morgan fingerprint density at radius 2 is 1.52 bits per heavy atom. The maximum atomic E-state index is 4.60. The van der Waals surface area contributed by atoms with E-state index in [0.29, 0.717) is 0 Å². The second-order valence-electron chi connectivity index (χ2n) is 4.65. The summed E-state index contributed by atoms with van der Waals surface area (Å²) in [7, 11) is 0. The van der Waals surface area contributed by atoms with Crippen LogP contribution >= 0.6 is 27.3 Å². The molecule has 0 amide bonds. The van der Waals surface area contributed by atoms with E-state index >= 15 is 0 Å². The first kappa shape index (κ1) is 12.7. The van der Waals surface area contributed by atoms with Crippen molar-refractivity contribution in [1.29, 1.82) is 0 Å². The fourth-order valence-electron chi connectivity index (χ4n) is 2.28. The normalized spacial score (nSPS) is 11.1. The molecular formula is C16H10BrN3S. The number of benzene rings is 2. The summed E-state index contributed by atoms with van der Waals surface area (Å²) in [6.07, 6.45) is 1.95. The van der Waals surface area contributed by atoms with Gasteiger partial charge in [0.05, 0.1) is 11.9 Å². The van der Waals surface area contributed by atoms with Crippen molar-refractivity contribution in [3.63, 3.8) is 0 Å². The Bertz CT molecular complexity index is 863. The van der Waals surface area contributed by atoms with Crippen LogP contribution in [-0.2, 0) is 0 Å². The van der Waals surface area contributed by atoms with Crippen LogP contribution in [0.4, 0.5) is 0 Å². The van der Waals surface area contributed by atoms with Crippen molar-refractivity contribution in [1.82, 2.24) is 14.6 Å². The van der Waals surface area contributed by atoms with Crippen molar-refractivity contribution in [2.45, 2.75) is 0 Å². The van der Waals surface area contributed by atoms with Gasteiger partial charge in [0.1, 0.15) is 0 Å². The quantitative estimate of drug-likeness (QED) is 0.512. The van der Waals surface area contributed by atoms with Crippen LogP contribution in [-0.4, -0.2) is 14.6 Å². The van der Waals surface area contributed by atoms with Crippen LogP contribution in [0.5, 0.6) is 0 Å². The van der Waals surface area contributed by atoms with E-state index in [-0.39, 0.29) is 0 Å². The summed E-state index contributed by atoms with van der Waals surface area (Å²) in [4.78, 5) is 5.49. The number of imidazole rings is 1. The van der Waals surface area contributed by atoms with Crippen molar-refractivity contribution in [2.75, 3.05) is 0 Å². The highest BCUT2D eigenvalue weighted by Crippen LogP contribution is 2.26. The number of rotatable bonds is 2. The molecule has 0 aliphatic heterocycles. The predicted molar refractivity (Wildman–Crippen MR) is 89.4 cm³/mol. The molecule has 0 aliphatic carbocycles. The highest BCUT2D eigenvalue weighted by molar-refractivity contribution is 9.11. The third kappa shape index (κ3) is 2.39. The standard InChI is InChI=1S/C16H10BrN3S/c17-15-19-20-10-14(18-16(20)21-15)13-8-6-12(7-9-13)11-4-2-1-3-5-11/h1-10H. The van der Waals surface area contributed by atoms with Crippen LogP contribution in [0.1, 0.15) is 0 Å². The number of fused-ring (bicyclic) bond motifs is 1. The second kappa shape index (κ2) is 5.09. The Hall–Kier alpha value is -1.98. The molecule has 0 bridgehead atoms. The van der Waals surface area contributed by atoms with Gasteiger partial charge < -0.3 is 0 Å². The lowest BCUT2D eigenvalue weighted by molar-refractivity contribution is 0.959. The van der Waals surface area contributed by atoms with Crippen LogP contribution < -0.4 is 0 Å². The Morgan fingerprint density at radius 3 is 2.24 bits per heavy atom. The summed E-state index contributed by atoms with van der Waals surface area (Å²) < 4.78 is 2.64. The molecule has 0 fully saturated rings. The first-order valence-corrected chi connectivity index (χ1v) is 8.08. The molecule has 0 saturated carbocycles. The van der Waals surface area contributed by atoms with E-state index in [0.717, 1.165) is 20.1 Å². The van der Waals surface area contributed by atoms with Gasteiger partial charge in [0, 0.05) is 5.56 Å². The molecular weight excluding hydrogens is 346 g/mol. The average molecular weight is 356 g/mol. The summed E-state index contributed by atoms with van der Waals surface area (Å²) in [6, 6.07) is 18.8. The van der Waals surface area contributed by atoms with Gasteiger partial charge in [0.2, 0.25) is 4.96 Å². The molecule has 2 heterocycles. The summed E-state index contributed by atoms with van der Waals surface area (Å²) in [5, 5.41) is 4.31. The van der Waals surface area contributed by atoms with Crippen molar-refractivity contribution in [3.05, 3.63) is 64.7 Å². The van der Waals surface area contributed by atoms with Gasteiger partial charge in [0.15, 0.2) is 3.92 Å². The number of hydrogen-bond acceptors (Lipinski definition) is 3.